The number of rotatable bonds is 4. The molecule has 0 unspecified atom stereocenters. The van der Waals surface area contributed by atoms with Gasteiger partial charge in [-0.1, -0.05) is 17.3 Å². The average molecular weight is 233 g/mol. The van der Waals surface area contributed by atoms with Gasteiger partial charge in [0.2, 0.25) is 0 Å². The summed E-state index contributed by atoms with van der Waals surface area (Å²) in [4.78, 5) is 10.8. The summed E-state index contributed by atoms with van der Waals surface area (Å²) in [6.07, 6.45) is 0. The third-order valence-electron chi connectivity index (χ3n) is 2.25. The molecule has 1 aromatic carbocycles. The summed E-state index contributed by atoms with van der Waals surface area (Å²) in [5, 5.41) is 12.7. The van der Waals surface area contributed by atoms with Gasteiger partial charge in [0.15, 0.2) is 5.76 Å². The maximum atomic E-state index is 10.8. The highest BCUT2D eigenvalue weighted by atomic mass is 16.5. The largest absolute Gasteiger partial charge is 0.478 e. The van der Waals surface area contributed by atoms with Gasteiger partial charge < -0.3 is 14.4 Å². The van der Waals surface area contributed by atoms with Crippen molar-refractivity contribution in [2.24, 2.45) is 0 Å². The van der Waals surface area contributed by atoms with E-state index < -0.39 is 5.97 Å². The van der Waals surface area contributed by atoms with E-state index in [0.29, 0.717) is 23.6 Å². The molecule has 5 nitrogen and oxygen atoms in total. The lowest BCUT2D eigenvalue weighted by Gasteiger charge is -1.97. The SMILES string of the molecule is COCc1cc(-c2cccc(C(=O)O)c2)on1. The van der Waals surface area contributed by atoms with E-state index in [1.807, 2.05) is 0 Å². The number of carboxylic acid groups (broad SMARTS) is 1. The highest BCUT2D eigenvalue weighted by Crippen LogP contribution is 2.21. The van der Waals surface area contributed by atoms with Crippen LogP contribution in [0.5, 0.6) is 0 Å². The van der Waals surface area contributed by atoms with Crippen molar-refractivity contribution in [2.75, 3.05) is 7.11 Å². The number of aromatic carboxylic acids is 1. The molecule has 17 heavy (non-hydrogen) atoms. The second-order valence-corrected chi connectivity index (χ2v) is 3.50. The zero-order chi connectivity index (χ0) is 12.3. The number of aromatic nitrogens is 1. The van der Waals surface area contributed by atoms with Gasteiger partial charge in [-0.2, -0.15) is 0 Å². The second-order valence-electron chi connectivity index (χ2n) is 3.50. The molecule has 1 aromatic heterocycles. The van der Waals surface area contributed by atoms with E-state index in [1.54, 1.807) is 31.4 Å². The van der Waals surface area contributed by atoms with Crippen LogP contribution in [0.2, 0.25) is 0 Å². The number of carbonyl (C=O) groups is 1. The van der Waals surface area contributed by atoms with Crippen molar-refractivity contribution >= 4 is 5.97 Å². The number of ether oxygens (including phenoxy) is 1. The highest BCUT2D eigenvalue weighted by Gasteiger charge is 2.09. The zero-order valence-corrected chi connectivity index (χ0v) is 9.21. The fraction of sp³-hybridized carbons (Fsp3) is 0.167. The van der Waals surface area contributed by atoms with Crippen molar-refractivity contribution in [3.63, 3.8) is 0 Å². The van der Waals surface area contributed by atoms with Crippen LogP contribution in [0, 0.1) is 0 Å². The first-order valence-electron chi connectivity index (χ1n) is 4.99. The quantitative estimate of drug-likeness (QED) is 0.876. The van der Waals surface area contributed by atoms with Crippen LogP contribution in [-0.2, 0) is 11.3 Å². The molecule has 0 fully saturated rings. The molecule has 0 bridgehead atoms. The standard InChI is InChI=1S/C12H11NO4/c1-16-7-10-6-11(17-13-10)8-3-2-4-9(5-8)12(14)15/h2-6H,7H2,1H3,(H,14,15). The summed E-state index contributed by atoms with van der Waals surface area (Å²) < 4.78 is 10.0. The molecule has 0 aliphatic rings. The van der Waals surface area contributed by atoms with Crippen LogP contribution in [0.3, 0.4) is 0 Å². The fourth-order valence-electron chi connectivity index (χ4n) is 1.47. The number of carboxylic acids is 1. The summed E-state index contributed by atoms with van der Waals surface area (Å²) in [6.45, 7) is 0.363. The minimum atomic E-state index is -0.969. The summed E-state index contributed by atoms with van der Waals surface area (Å²) in [5.74, 6) is -0.441. The van der Waals surface area contributed by atoms with E-state index in [9.17, 15) is 4.79 Å². The number of hydrogen-bond donors (Lipinski definition) is 1. The Morgan fingerprint density at radius 3 is 3.00 bits per heavy atom. The normalized spacial score (nSPS) is 10.4. The van der Waals surface area contributed by atoms with Gasteiger partial charge in [-0.25, -0.2) is 4.79 Å². The van der Waals surface area contributed by atoms with Crippen LogP contribution in [0.1, 0.15) is 16.1 Å². The van der Waals surface area contributed by atoms with E-state index in [2.05, 4.69) is 5.16 Å². The Morgan fingerprint density at radius 1 is 1.47 bits per heavy atom. The summed E-state index contributed by atoms with van der Waals surface area (Å²) in [5.41, 5.74) is 1.56. The molecule has 2 rings (SSSR count). The lowest BCUT2D eigenvalue weighted by Crippen LogP contribution is -1.95. The first-order valence-corrected chi connectivity index (χ1v) is 4.99. The zero-order valence-electron chi connectivity index (χ0n) is 9.21. The van der Waals surface area contributed by atoms with Gasteiger partial charge in [0.25, 0.3) is 0 Å². The minimum absolute atomic E-state index is 0.215. The summed E-state index contributed by atoms with van der Waals surface area (Å²) in [6, 6.07) is 8.23. The van der Waals surface area contributed by atoms with Gasteiger partial charge in [-0.15, -0.1) is 0 Å². The number of nitrogens with zero attached hydrogens (tertiary/aromatic N) is 1. The van der Waals surface area contributed by atoms with Crippen LogP contribution >= 0.6 is 0 Å². The van der Waals surface area contributed by atoms with Crippen LogP contribution in [-0.4, -0.2) is 23.3 Å². The highest BCUT2D eigenvalue weighted by molar-refractivity contribution is 5.89. The van der Waals surface area contributed by atoms with Gasteiger partial charge in [-0.05, 0) is 12.1 Å². The molecule has 1 heterocycles. The molecule has 0 radical (unpaired) electrons. The first kappa shape index (κ1) is 11.3. The van der Waals surface area contributed by atoms with Crippen LogP contribution < -0.4 is 0 Å². The lowest BCUT2D eigenvalue weighted by atomic mass is 10.1. The lowest BCUT2D eigenvalue weighted by molar-refractivity contribution is 0.0697. The second kappa shape index (κ2) is 4.80. The number of hydrogen-bond acceptors (Lipinski definition) is 4. The van der Waals surface area contributed by atoms with E-state index in [0.717, 1.165) is 0 Å². The van der Waals surface area contributed by atoms with Gasteiger partial charge in [0.1, 0.15) is 5.69 Å². The van der Waals surface area contributed by atoms with E-state index >= 15 is 0 Å². The Hall–Kier alpha value is -2.14. The molecule has 0 aliphatic carbocycles. The van der Waals surface area contributed by atoms with Crippen molar-refractivity contribution in [2.45, 2.75) is 6.61 Å². The Balaban J connectivity index is 2.32. The van der Waals surface area contributed by atoms with Crippen LogP contribution in [0.25, 0.3) is 11.3 Å². The Labute approximate surface area is 97.6 Å². The fourth-order valence-corrected chi connectivity index (χ4v) is 1.47. The van der Waals surface area contributed by atoms with Crippen molar-refractivity contribution in [1.82, 2.24) is 5.16 Å². The molecule has 0 aliphatic heterocycles. The molecule has 0 saturated carbocycles. The van der Waals surface area contributed by atoms with Crippen molar-refractivity contribution in [1.29, 1.82) is 0 Å². The third-order valence-corrected chi connectivity index (χ3v) is 2.25. The Bertz CT molecular complexity index is 533. The maximum absolute atomic E-state index is 10.8. The predicted molar refractivity (Wildman–Crippen MR) is 59.6 cm³/mol. The smallest absolute Gasteiger partial charge is 0.335 e. The molecule has 88 valence electrons. The van der Waals surface area contributed by atoms with Crippen LogP contribution in [0.15, 0.2) is 34.9 Å². The Morgan fingerprint density at radius 2 is 2.29 bits per heavy atom. The number of benzene rings is 1. The summed E-state index contributed by atoms with van der Waals surface area (Å²) >= 11 is 0. The van der Waals surface area contributed by atoms with Crippen LogP contribution in [0.4, 0.5) is 0 Å². The van der Waals surface area contributed by atoms with Crippen molar-refractivity contribution in [3.8, 4) is 11.3 Å². The van der Waals surface area contributed by atoms with Gasteiger partial charge >= 0.3 is 5.97 Å². The minimum Gasteiger partial charge on any atom is -0.478 e. The maximum Gasteiger partial charge on any atom is 0.335 e. The van der Waals surface area contributed by atoms with Gasteiger partial charge in [-0.3, -0.25) is 0 Å². The van der Waals surface area contributed by atoms with Crippen molar-refractivity contribution < 1.29 is 19.2 Å². The van der Waals surface area contributed by atoms with E-state index in [-0.39, 0.29) is 5.56 Å². The molecular weight excluding hydrogens is 222 g/mol. The molecular formula is C12H11NO4. The molecule has 1 N–H and O–H groups in total. The average Bonchev–Trinajstić information content (AvgIpc) is 2.78. The predicted octanol–water partition coefficient (Wildman–Crippen LogP) is 2.19. The number of methoxy groups -OCH3 is 1. The molecule has 2 aromatic rings. The Kier molecular flexibility index (Phi) is 3.20. The van der Waals surface area contributed by atoms with Crippen molar-refractivity contribution in [3.05, 3.63) is 41.6 Å². The first-order chi connectivity index (χ1) is 8.20. The monoisotopic (exact) mass is 233 g/mol. The molecule has 0 atom stereocenters. The summed E-state index contributed by atoms with van der Waals surface area (Å²) in [7, 11) is 1.57. The molecule has 0 amide bonds. The molecule has 0 saturated heterocycles. The van der Waals surface area contributed by atoms with Gasteiger partial charge in [0.05, 0.1) is 12.2 Å². The van der Waals surface area contributed by atoms with Gasteiger partial charge in [0, 0.05) is 18.7 Å². The molecule has 5 heteroatoms. The molecule has 0 spiro atoms. The third kappa shape index (κ3) is 2.51. The topological polar surface area (TPSA) is 72.6 Å². The van der Waals surface area contributed by atoms with E-state index in [4.69, 9.17) is 14.4 Å². The van der Waals surface area contributed by atoms with E-state index in [1.165, 1.54) is 6.07 Å².